The number of rotatable bonds is 5. The van der Waals surface area contributed by atoms with Crippen molar-refractivity contribution in [3.8, 4) is 0 Å². The van der Waals surface area contributed by atoms with E-state index in [4.69, 9.17) is 11.6 Å². The number of nitrogens with one attached hydrogen (secondary N) is 1. The number of H-pyrrole nitrogens is 1. The maximum absolute atomic E-state index is 5.65. The Balaban J connectivity index is 2.02. The molecule has 15 heavy (non-hydrogen) atoms. The number of aryl methyl sites for hydroxylation is 1. The number of unbranched alkanes of at least 4 members (excludes halogenated alkanes) is 2. The van der Waals surface area contributed by atoms with Crippen LogP contribution < -0.4 is 0 Å². The van der Waals surface area contributed by atoms with Gasteiger partial charge in [0, 0.05) is 23.0 Å². The fourth-order valence-corrected chi connectivity index (χ4v) is 2.11. The van der Waals surface area contributed by atoms with Gasteiger partial charge in [-0.25, -0.2) is 0 Å². The molecule has 1 nitrogen and oxygen atoms in total. The van der Waals surface area contributed by atoms with Crippen LogP contribution in [0.5, 0.6) is 0 Å². The largest absolute Gasteiger partial charge is 0.361 e. The van der Waals surface area contributed by atoms with Crippen molar-refractivity contribution in [2.45, 2.75) is 25.7 Å². The summed E-state index contributed by atoms with van der Waals surface area (Å²) in [4.78, 5) is 3.30. The Morgan fingerprint density at radius 3 is 2.80 bits per heavy atom. The molecule has 0 aliphatic rings. The van der Waals surface area contributed by atoms with Crippen molar-refractivity contribution in [3.63, 3.8) is 0 Å². The van der Waals surface area contributed by atoms with E-state index < -0.39 is 0 Å². The molecular formula is C13H16ClN. The molecule has 0 unspecified atom stereocenters. The highest BCUT2D eigenvalue weighted by Gasteiger charge is 2.01. The van der Waals surface area contributed by atoms with E-state index >= 15 is 0 Å². The number of alkyl halides is 1. The molecular weight excluding hydrogens is 206 g/mol. The van der Waals surface area contributed by atoms with Gasteiger partial charge < -0.3 is 4.98 Å². The average Bonchev–Trinajstić information content (AvgIpc) is 2.68. The minimum absolute atomic E-state index is 0.786. The lowest BCUT2D eigenvalue weighted by atomic mass is 10.1. The van der Waals surface area contributed by atoms with Gasteiger partial charge in [0.15, 0.2) is 0 Å². The van der Waals surface area contributed by atoms with Crippen LogP contribution in [0.1, 0.15) is 24.8 Å². The molecule has 1 heterocycles. The predicted molar refractivity (Wildman–Crippen MR) is 66.6 cm³/mol. The highest BCUT2D eigenvalue weighted by Crippen LogP contribution is 2.19. The Kier molecular flexibility index (Phi) is 3.68. The summed E-state index contributed by atoms with van der Waals surface area (Å²) in [5, 5.41) is 1.36. The average molecular weight is 222 g/mol. The van der Waals surface area contributed by atoms with Gasteiger partial charge in [-0.3, -0.25) is 0 Å². The first kappa shape index (κ1) is 10.6. The number of hydrogen-bond acceptors (Lipinski definition) is 0. The summed E-state index contributed by atoms with van der Waals surface area (Å²) >= 11 is 5.65. The predicted octanol–water partition coefficient (Wildman–Crippen LogP) is 4.12. The van der Waals surface area contributed by atoms with Crippen LogP contribution in [0.2, 0.25) is 0 Å². The van der Waals surface area contributed by atoms with Crippen LogP contribution in [0.25, 0.3) is 10.9 Å². The minimum atomic E-state index is 0.786. The molecule has 0 saturated carbocycles. The molecule has 2 heteroatoms. The number of fused-ring (bicyclic) bond motifs is 1. The maximum atomic E-state index is 5.65. The van der Waals surface area contributed by atoms with E-state index in [2.05, 4.69) is 35.4 Å². The first-order valence-corrected chi connectivity index (χ1v) is 6.06. The number of aromatic nitrogens is 1. The van der Waals surface area contributed by atoms with Gasteiger partial charge in [0.1, 0.15) is 0 Å². The van der Waals surface area contributed by atoms with Gasteiger partial charge in [-0.2, -0.15) is 0 Å². The van der Waals surface area contributed by atoms with Crippen molar-refractivity contribution in [2.24, 2.45) is 0 Å². The Morgan fingerprint density at radius 2 is 1.93 bits per heavy atom. The Labute approximate surface area is 95.5 Å². The molecule has 0 fully saturated rings. The van der Waals surface area contributed by atoms with Gasteiger partial charge in [-0.15, -0.1) is 11.6 Å². The third-order valence-electron chi connectivity index (χ3n) is 2.75. The number of para-hydroxylation sites is 1. The summed E-state index contributed by atoms with van der Waals surface area (Å²) in [6, 6.07) is 8.47. The van der Waals surface area contributed by atoms with Crippen molar-refractivity contribution in [1.29, 1.82) is 0 Å². The first-order valence-electron chi connectivity index (χ1n) is 5.53. The van der Waals surface area contributed by atoms with Gasteiger partial charge in [0.2, 0.25) is 0 Å². The number of hydrogen-bond donors (Lipinski definition) is 1. The van der Waals surface area contributed by atoms with Crippen molar-refractivity contribution < 1.29 is 0 Å². The van der Waals surface area contributed by atoms with Crippen LogP contribution in [0.15, 0.2) is 30.5 Å². The monoisotopic (exact) mass is 221 g/mol. The normalized spacial score (nSPS) is 11.0. The molecule has 0 radical (unpaired) electrons. The fraction of sp³-hybridized carbons (Fsp3) is 0.385. The zero-order chi connectivity index (χ0) is 10.5. The van der Waals surface area contributed by atoms with Crippen molar-refractivity contribution >= 4 is 22.5 Å². The van der Waals surface area contributed by atoms with E-state index in [0.717, 1.165) is 18.7 Å². The number of aromatic amines is 1. The lowest BCUT2D eigenvalue weighted by Gasteiger charge is -1.98. The lowest BCUT2D eigenvalue weighted by Crippen LogP contribution is -1.84. The minimum Gasteiger partial charge on any atom is -0.361 e. The molecule has 0 bridgehead atoms. The highest BCUT2D eigenvalue weighted by atomic mass is 35.5. The van der Waals surface area contributed by atoms with E-state index in [1.54, 1.807) is 0 Å². The molecule has 0 aliphatic heterocycles. The van der Waals surface area contributed by atoms with E-state index in [0.29, 0.717) is 0 Å². The molecule has 2 aromatic rings. The lowest BCUT2D eigenvalue weighted by molar-refractivity contribution is 0.723. The third-order valence-corrected chi connectivity index (χ3v) is 3.02. The molecule has 0 amide bonds. The second-order valence-electron chi connectivity index (χ2n) is 3.86. The Bertz CT molecular complexity index is 419. The topological polar surface area (TPSA) is 15.8 Å². The number of benzene rings is 1. The molecule has 2 rings (SSSR count). The fourth-order valence-electron chi connectivity index (χ4n) is 1.93. The van der Waals surface area contributed by atoms with Crippen LogP contribution >= 0.6 is 11.6 Å². The van der Waals surface area contributed by atoms with Gasteiger partial charge in [-0.05, 0) is 30.9 Å². The molecule has 0 atom stereocenters. The molecule has 1 aromatic heterocycles. The summed E-state index contributed by atoms with van der Waals surface area (Å²) in [5.74, 6) is 0.786. The summed E-state index contributed by atoms with van der Waals surface area (Å²) in [6.07, 6.45) is 6.87. The van der Waals surface area contributed by atoms with Gasteiger partial charge >= 0.3 is 0 Å². The van der Waals surface area contributed by atoms with E-state index in [9.17, 15) is 0 Å². The van der Waals surface area contributed by atoms with Crippen molar-refractivity contribution in [2.75, 3.05) is 5.88 Å². The van der Waals surface area contributed by atoms with Crippen LogP contribution in [0.3, 0.4) is 0 Å². The van der Waals surface area contributed by atoms with Crippen LogP contribution in [0.4, 0.5) is 0 Å². The Hall–Kier alpha value is -0.950. The third kappa shape index (κ3) is 2.54. The Morgan fingerprint density at radius 1 is 1.07 bits per heavy atom. The molecule has 0 spiro atoms. The summed E-state index contributed by atoms with van der Waals surface area (Å²) in [7, 11) is 0. The van der Waals surface area contributed by atoms with Crippen LogP contribution in [-0.4, -0.2) is 10.9 Å². The van der Waals surface area contributed by atoms with Crippen LogP contribution in [-0.2, 0) is 6.42 Å². The van der Waals surface area contributed by atoms with Crippen LogP contribution in [0, 0.1) is 0 Å². The molecule has 0 saturated heterocycles. The summed E-state index contributed by atoms with van der Waals surface area (Å²) in [5.41, 5.74) is 2.67. The smallest absolute Gasteiger partial charge is 0.0456 e. The van der Waals surface area contributed by atoms with E-state index in [1.807, 2.05) is 0 Å². The zero-order valence-corrected chi connectivity index (χ0v) is 9.56. The second-order valence-corrected chi connectivity index (χ2v) is 4.24. The zero-order valence-electron chi connectivity index (χ0n) is 8.80. The van der Waals surface area contributed by atoms with Gasteiger partial charge in [-0.1, -0.05) is 24.6 Å². The highest BCUT2D eigenvalue weighted by molar-refractivity contribution is 6.17. The van der Waals surface area contributed by atoms with Crippen molar-refractivity contribution in [3.05, 3.63) is 36.0 Å². The van der Waals surface area contributed by atoms with Crippen molar-refractivity contribution in [1.82, 2.24) is 4.98 Å². The van der Waals surface area contributed by atoms with Gasteiger partial charge in [0.05, 0.1) is 0 Å². The summed E-state index contributed by atoms with van der Waals surface area (Å²) < 4.78 is 0. The van der Waals surface area contributed by atoms with E-state index in [-0.39, 0.29) is 0 Å². The SMILES string of the molecule is ClCCCCCc1c[nH]c2ccccc12. The first-order chi connectivity index (χ1) is 7.42. The second kappa shape index (κ2) is 5.22. The summed E-state index contributed by atoms with van der Waals surface area (Å²) in [6.45, 7) is 0. The number of halogens is 1. The molecule has 80 valence electrons. The quantitative estimate of drug-likeness (QED) is 0.578. The maximum Gasteiger partial charge on any atom is 0.0456 e. The van der Waals surface area contributed by atoms with Gasteiger partial charge in [0.25, 0.3) is 0 Å². The molecule has 1 N–H and O–H groups in total. The molecule has 0 aliphatic carbocycles. The standard InChI is InChI=1S/C13H16ClN/c14-9-5-1-2-6-11-10-15-13-8-4-3-7-12(11)13/h3-4,7-8,10,15H,1-2,5-6,9H2. The van der Waals surface area contributed by atoms with E-state index in [1.165, 1.54) is 29.3 Å². The molecule has 1 aromatic carbocycles.